The summed E-state index contributed by atoms with van der Waals surface area (Å²) in [6, 6.07) is 0. The molecule has 2 unspecified atom stereocenters. The summed E-state index contributed by atoms with van der Waals surface area (Å²) in [6.07, 6.45) is 5.86. The fourth-order valence-corrected chi connectivity index (χ4v) is 6.93. The molecule has 2 atom stereocenters. The molecule has 0 amide bonds. The van der Waals surface area contributed by atoms with Gasteiger partial charge in [0.15, 0.2) is 9.84 Å². The molecule has 1 aliphatic carbocycles. The zero-order valence-corrected chi connectivity index (χ0v) is 14.3. The Bertz CT molecular complexity index is 339. The summed E-state index contributed by atoms with van der Waals surface area (Å²) in [5, 5.41) is 0.701. The van der Waals surface area contributed by atoms with E-state index in [1.807, 2.05) is 0 Å². The van der Waals surface area contributed by atoms with Crippen molar-refractivity contribution >= 4 is 25.8 Å². The fourth-order valence-electron chi connectivity index (χ4n) is 2.93. The van der Waals surface area contributed by atoms with Crippen LogP contribution < -0.4 is 0 Å². The molecule has 0 aliphatic heterocycles. The molecule has 2 nitrogen and oxygen atoms in total. The van der Waals surface area contributed by atoms with Crippen molar-refractivity contribution < 1.29 is 8.42 Å². The Hall–Kier alpha value is 0.430. The second-order valence-corrected chi connectivity index (χ2v) is 8.88. The van der Waals surface area contributed by atoms with Crippen molar-refractivity contribution in [3.63, 3.8) is 0 Å². The van der Waals surface area contributed by atoms with E-state index in [2.05, 4.69) is 36.7 Å². The predicted octanol–water partition coefficient (Wildman–Crippen LogP) is 4.18. The fraction of sp³-hybridized carbons (Fsp3) is 1.00. The summed E-state index contributed by atoms with van der Waals surface area (Å²) in [7, 11) is -2.94. The molecule has 0 saturated heterocycles. The Kier molecular flexibility index (Phi) is 6.17. The van der Waals surface area contributed by atoms with Gasteiger partial charge in [0.2, 0.25) is 0 Å². The molecule has 1 saturated carbocycles. The molecule has 1 rings (SSSR count). The van der Waals surface area contributed by atoms with E-state index in [1.165, 1.54) is 6.42 Å². The maximum absolute atomic E-state index is 12.6. The summed E-state index contributed by atoms with van der Waals surface area (Å²) in [5.41, 5.74) is -0.0699. The summed E-state index contributed by atoms with van der Waals surface area (Å²) in [6.45, 7) is 6.38. The molecule has 108 valence electrons. The average Bonchev–Trinajstić information content (AvgIpc) is 2.36. The third kappa shape index (κ3) is 3.96. The van der Waals surface area contributed by atoms with Crippen LogP contribution in [0, 0.1) is 11.3 Å². The van der Waals surface area contributed by atoms with Crippen LogP contribution in [0.3, 0.4) is 0 Å². The molecule has 1 fully saturated rings. The number of sulfone groups is 1. The highest BCUT2D eigenvalue weighted by Gasteiger charge is 2.37. The molecular formula is C14H27BrO2S. The lowest BCUT2D eigenvalue weighted by atomic mass is 9.87. The molecule has 4 heteroatoms. The largest absolute Gasteiger partial charge is 0.229 e. The first kappa shape index (κ1) is 16.5. The van der Waals surface area contributed by atoms with Crippen molar-refractivity contribution in [2.24, 2.45) is 11.3 Å². The second-order valence-electron chi connectivity index (χ2n) is 6.04. The molecule has 0 aromatic rings. The highest BCUT2D eigenvalue weighted by atomic mass is 79.9. The summed E-state index contributed by atoms with van der Waals surface area (Å²) >= 11 is 3.52. The van der Waals surface area contributed by atoms with Crippen LogP contribution in [-0.4, -0.2) is 24.8 Å². The predicted molar refractivity (Wildman–Crippen MR) is 82.0 cm³/mol. The minimum absolute atomic E-state index is 0.0699. The maximum Gasteiger partial charge on any atom is 0.153 e. The molecule has 18 heavy (non-hydrogen) atoms. The molecule has 0 aromatic heterocycles. The molecule has 0 N–H and O–H groups in total. The van der Waals surface area contributed by atoms with Gasteiger partial charge < -0.3 is 0 Å². The molecule has 0 heterocycles. The zero-order chi connectivity index (χ0) is 13.8. The minimum atomic E-state index is -2.94. The van der Waals surface area contributed by atoms with Gasteiger partial charge in [0.25, 0.3) is 0 Å². The van der Waals surface area contributed by atoms with Crippen LogP contribution in [0.15, 0.2) is 0 Å². The summed E-state index contributed by atoms with van der Waals surface area (Å²) in [4.78, 5) is 0. The first-order valence-electron chi connectivity index (χ1n) is 7.16. The molecule has 0 spiro atoms. The van der Waals surface area contributed by atoms with Crippen LogP contribution in [0.4, 0.5) is 0 Å². The van der Waals surface area contributed by atoms with Crippen LogP contribution in [0.25, 0.3) is 0 Å². The van der Waals surface area contributed by atoms with E-state index in [4.69, 9.17) is 0 Å². The van der Waals surface area contributed by atoms with Crippen molar-refractivity contribution in [1.29, 1.82) is 0 Å². The monoisotopic (exact) mass is 338 g/mol. The van der Waals surface area contributed by atoms with Gasteiger partial charge in [0.1, 0.15) is 0 Å². The van der Waals surface area contributed by atoms with Crippen LogP contribution in [-0.2, 0) is 9.84 Å². The van der Waals surface area contributed by atoms with Crippen LogP contribution in [0.5, 0.6) is 0 Å². The number of hydrogen-bond acceptors (Lipinski definition) is 2. The van der Waals surface area contributed by atoms with E-state index in [-0.39, 0.29) is 10.7 Å². The first-order chi connectivity index (χ1) is 8.39. The Morgan fingerprint density at radius 2 is 1.83 bits per heavy atom. The lowest BCUT2D eigenvalue weighted by Gasteiger charge is -2.33. The molecule has 0 radical (unpaired) electrons. The Morgan fingerprint density at radius 1 is 1.22 bits per heavy atom. The van der Waals surface area contributed by atoms with Gasteiger partial charge in [-0.05, 0) is 37.0 Å². The van der Waals surface area contributed by atoms with Crippen molar-refractivity contribution in [2.75, 3.05) is 11.1 Å². The Labute approximate surface area is 121 Å². The standard InChI is InChI=1S/C14H27BrO2S/c1-4-14(5-2,10-15)11-18(16,17)13-8-6-7-12(3)9-13/h12-13H,4-11H2,1-3H3. The van der Waals surface area contributed by atoms with Gasteiger partial charge in [0, 0.05) is 5.33 Å². The van der Waals surface area contributed by atoms with Crippen molar-refractivity contribution in [1.82, 2.24) is 0 Å². The van der Waals surface area contributed by atoms with E-state index >= 15 is 0 Å². The topological polar surface area (TPSA) is 34.1 Å². The quantitative estimate of drug-likeness (QED) is 0.680. The van der Waals surface area contributed by atoms with Crippen molar-refractivity contribution in [2.45, 2.75) is 64.5 Å². The summed E-state index contributed by atoms with van der Waals surface area (Å²) in [5.74, 6) is 0.926. The van der Waals surface area contributed by atoms with E-state index in [0.717, 1.165) is 37.4 Å². The van der Waals surface area contributed by atoms with E-state index in [9.17, 15) is 8.42 Å². The van der Waals surface area contributed by atoms with E-state index in [1.54, 1.807) is 0 Å². The normalized spacial score (nSPS) is 26.2. The zero-order valence-electron chi connectivity index (χ0n) is 11.9. The maximum atomic E-state index is 12.6. The number of halogens is 1. The van der Waals surface area contributed by atoms with Gasteiger partial charge in [-0.2, -0.15) is 0 Å². The van der Waals surface area contributed by atoms with Crippen LogP contribution in [0.2, 0.25) is 0 Å². The second kappa shape index (κ2) is 6.74. The number of alkyl halides is 1. The van der Waals surface area contributed by atoms with Gasteiger partial charge in [0.05, 0.1) is 11.0 Å². The smallest absolute Gasteiger partial charge is 0.153 e. The molecule has 0 bridgehead atoms. The van der Waals surface area contributed by atoms with Gasteiger partial charge in [-0.1, -0.05) is 49.5 Å². The lowest BCUT2D eigenvalue weighted by Crippen LogP contribution is -2.37. The minimum Gasteiger partial charge on any atom is -0.229 e. The van der Waals surface area contributed by atoms with Gasteiger partial charge >= 0.3 is 0 Å². The Balaban J connectivity index is 2.80. The van der Waals surface area contributed by atoms with Gasteiger partial charge in [-0.25, -0.2) is 8.42 Å². The SMILES string of the molecule is CCC(CC)(CBr)CS(=O)(=O)C1CCCC(C)C1. The molecule has 0 aromatic carbocycles. The van der Waals surface area contributed by atoms with Crippen LogP contribution in [0.1, 0.15) is 59.3 Å². The van der Waals surface area contributed by atoms with Gasteiger partial charge in [-0.15, -0.1) is 0 Å². The third-order valence-corrected chi connectivity index (χ3v) is 8.34. The van der Waals surface area contributed by atoms with Crippen molar-refractivity contribution in [3.8, 4) is 0 Å². The Morgan fingerprint density at radius 3 is 2.28 bits per heavy atom. The number of rotatable bonds is 6. The highest BCUT2D eigenvalue weighted by molar-refractivity contribution is 9.09. The first-order valence-corrected chi connectivity index (χ1v) is 10.0. The van der Waals surface area contributed by atoms with Crippen molar-refractivity contribution in [3.05, 3.63) is 0 Å². The van der Waals surface area contributed by atoms with Crippen LogP contribution >= 0.6 is 15.9 Å². The highest BCUT2D eigenvalue weighted by Crippen LogP contribution is 2.35. The average molecular weight is 339 g/mol. The summed E-state index contributed by atoms with van der Waals surface area (Å²) < 4.78 is 25.2. The molecular weight excluding hydrogens is 312 g/mol. The number of hydrogen-bond donors (Lipinski definition) is 0. The van der Waals surface area contributed by atoms with E-state index < -0.39 is 9.84 Å². The van der Waals surface area contributed by atoms with Gasteiger partial charge in [-0.3, -0.25) is 0 Å². The lowest BCUT2D eigenvalue weighted by molar-refractivity contribution is 0.341. The molecule has 1 aliphatic rings. The van der Waals surface area contributed by atoms with E-state index in [0.29, 0.717) is 11.7 Å². The third-order valence-electron chi connectivity index (χ3n) is 4.69.